The molecular formula is C14H23N3. The van der Waals surface area contributed by atoms with Crippen molar-refractivity contribution in [1.82, 2.24) is 9.55 Å². The average molecular weight is 233 g/mol. The Morgan fingerprint density at radius 3 is 2.82 bits per heavy atom. The summed E-state index contributed by atoms with van der Waals surface area (Å²) in [6.07, 6.45) is 10.7. The van der Waals surface area contributed by atoms with Crippen molar-refractivity contribution in [2.75, 3.05) is 5.32 Å². The molecule has 0 bridgehead atoms. The second-order valence-corrected chi connectivity index (χ2v) is 5.75. The number of hydrogen-bond acceptors (Lipinski definition) is 2. The lowest BCUT2D eigenvalue weighted by molar-refractivity contribution is 0.331. The molecule has 2 saturated carbocycles. The molecular weight excluding hydrogens is 210 g/mol. The highest BCUT2D eigenvalue weighted by molar-refractivity contribution is 5.30. The number of imidazole rings is 1. The van der Waals surface area contributed by atoms with Crippen molar-refractivity contribution in [3.63, 3.8) is 0 Å². The molecule has 2 aliphatic carbocycles. The molecule has 3 rings (SSSR count). The van der Waals surface area contributed by atoms with E-state index in [1.54, 1.807) is 0 Å². The molecule has 2 fully saturated rings. The summed E-state index contributed by atoms with van der Waals surface area (Å²) in [5.41, 5.74) is 0. The van der Waals surface area contributed by atoms with Gasteiger partial charge in [0.05, 0.1) is 0 Å². The lowest BCUT2D eigenvalue weighted by atomic mass is 9.93. The fraction of sp³-hybridized carbons (Fsp3) is 0.786. The van der Waals surface area contributed by atoms with Crippen LogP contribution >= 0.6 is 0 Å². The maximum absolute atomic E-state index is 4.48. The van der Waals surface area contributed by atoms with E-state index in [9.17, 15) is 0 Å². The van der Waals surface area contributed by atoms with Gasteiger partial charge >= 0.3 is 0 Å². The van der Waals surface area contributed by atoms with Gasteiger partial charge in [-0.1, -0.05) is 20.3 Å². The summed E-state index contributed by atoms with van der Waals surface area (Å²) in [4.78, 5) is 4.48. The predicted molar refractivity (Wildman–Crippen MR) is 70.1 cm³/mol. The summed E-state index contributed by atoms with van der Waals surface area (Å²) in [7, 11) is 0. The first-order valence-electron chi connectivity index (χ1n) is 7.09. The molecule has 0 amide bonds. The van der Waals surface area contributed by atoms with Gasteiger partial charge in [-0.3, -0.25) is 0 Å². The zero-order valence-corrected chi connectivity index (χ0v) is 10.9. The van der Waals surface area contributed by atoms with Gasteiger partial charge in [0.1, 0.15) is 0 Å². The first-order chi connectivity index (χ1) is 8.29. The molecule has 1 aromatic rings. The van der Waals surface area contributed by atoms with Crippen LogP contribution < -0.4 is 5.32 Å². The first-order valence-corrected chi connectivity index (χ1v) is 7.09. The van der Waals surface area contributed by atoms with Crippen molar-refractivity contribution in [1.29, 1.82) is 0 Å². The quantitative estimate of drug-likeness (QED) is 0.863. The number of nitrogens with zero attached hydrogens (tertiary/aromatic N) is 2. The van der Waals surface area contributed by atoms with E-state index in [2.05, 4.69) is 34.9 Å². The predicted octanol–water partition coefficient (Wildman–Crippen LogP) is 3.45. The van der Waals surface area contributed by atoms with Crippen molar-refractivity contribution in [3.05, 3.63) is 12.4 Å². The van der Waals surface area contributed by atoms with E-state index in [-0.39, 0.29) is 0 Å². The fourth-order valence-electron chi connectivity index (χ4n) is 3.30. The van der Waals surface area contributed by atoms with E-state index in [0.717, 1.165) is 17.8 Å². The van der Waals surface area contributed by atoms with Crippen molar-refractivity contribution in [2.45, 2.75) is 58.0 Å². The van der Waals surface area contributed by atoms with Gasteiger partial charge in [0.2, 0.25) is 5.95 Å². The third-order valence-electron chi connectivity index (χ3n) is 4.64. The number of rotatable bonds is 4. The number of anilines is 1. The van der Waals surface area contributed by atoms with Crippen LogP contribution in [-0.2, 0) is 0 Å². The largest absolute Gasteiger partial charge is 0.353 e. The third kappa shape index (κ3) is 2.07. The van der Waals surface area contributed by atoms with Gasteiger partial charge in [-0.25, -0.2) is 4.98 Å². The summed E-state index contributed by atoms with van der Waals surface area (Å²) < 4.78 is 2.39. The molecule has 2 aliphatic rings. The topological polar surface area (TPSA) is 29.9 Å². The molecule has 3 heteroatoms. The van der Waals surface area contributed by atoms with Crippen LogP contribution in [0.15, 0.2) is 12.4 Å². The van der Waals surface area contributed by atoms with Gasteiger partial charge in [0.15, 0.2) is 0 Å². The Morgan fingerprint density at radius 2 is 2.18 bits per heavy atom. The smallest absolute Gasteiger partial charge is 0.203 e. The van der Waals surface area contributed by atoms with Crippen LogP contribution in [0.25, 0.3) is 0 Å². The minimum atomic E-state index is 0.656. The molecule has 0 aromatic carbocycles. The first kappa shape index (κ1) is 11.1. The molecule has 3 atom stereocenters. The zero-order chi connectivity index (χ0) is 11.8. The Balaban J connectivity index is 1.76. The van der Waals surface area contributed by atoms with Crippen LogP contribution in [0, 0.1) is 11.8 Å². The van der Waals surface area contributed by atoms with Crippen LogP contribution in [0.5, 0.6) is 0 Å². The summed E-state index contributed by atoms with van der Waals surface area (Å²) >= 11 is 0. The van der Waals surface area contributed by atoms with Gasteiger partial charge in [-0.15, -0.1) is 0 Å². The molecule has 0 aliphatic heterocycles. The Kier molecular flexibility index (Phi) is 2.85. The zero-order valence-electron chi connectivity index (χ0n) is 10.9. The Hall–Kier alpha value is -0.990. The second-order valence-electron chi connectivity index (χ2n) is 5.75. The molecule has 0 saturated heterocycles. The van der Waals surface area contributed by atoms with Crippen molar-refractivity contribution < 1.29 is 0 Å². The summed E-state index contributed by atoms with van der Waals surface area (Å²) in [5, 5.41) is 3.55. The van der Waals surface area contributed by atoms with Gasteiger partial charge in [-0.2, -0.15) is 0 Å². The van der Waals surface area contributed by atoms with Crippen LogP contribution in [-0.4, -0.2) is 15.6 Å². The van der Waals surface area contributed by atoms with E-state index in [1.807, 2.05) is 6.20 Å². The van der Waals surface area contributed by atoms with Crippen LogP contribution in [0.4, 0.5) is 5.95 Å². The molecule has 94 valence electrons. The molecule has 3 nitrogen and oxygen atoms in total. The van der Waals surface area contributed by atoms with E-state index in [1.165, 1.54) is 32.1 Å². The lowest BCUT2D eigenvalue weighted by Crippen LogP contribution is -2.18. The van der Waals surface area contributed by atoms with Gasteiger partial charge < -0.3 is 9.88 Å². The van der Waals surface area contributed by atoms with E-state index >= 15 is 0 Å². The maximum atomic E-state index is 4.48. The molecule has 1 N–H and O–H groups in total. The summed E-state index contributed by atoms with van der Waals surface area (Å²) in [6.45, 7) is 4.73. The van der Waals surface area contributed by atoms with Crippen molar-refractivity contribution in [3.8, 4) is 0 Å². The molecule has 0 spiro atoms. The van der Waals surface area contributed by atoms with Crippen LogP contribution in [0.2, 0.25) is 0 Å². The number of aromatic nitrogens is 2. The van der Waals surface area contributed by atoms with Crippen LogP contribution in [0.1, 0.15) is 52.0 Å². The minimum Gasteiger partial charge on any atom is -0.353 e. The van der Waals surface area contributed by atoms with Crippen molar-refractivity contribution >= 4 is 5.95 Å². The van der Waals surface area contributed by atoms with E-state index < -0.39 is 0 Å². The normalized spacial score (nSPS) is 32.9. The van der Waals surface area contributed by atoms with Crippen molar-refractivity contribution in [2.24, 2.45) is 11.8 Å². The molecule has 0 radical (unpaired) electrons. The minimum absolute atomic E-state index is 0.656. The van der Waals surface area contributed by atoms with E-state index in [0.29, 0.717) is 12.1 Å². The molecule has 1 heterocycles. The van der Waals surface area contributed by atoms with Gasteiger partial charge in [0, 0.05) is 24.5 Å². The lowest BCUT2D eigenvalue weighted by Gasteiger charge is -2.23. The highest BCUT2D eigenvalue weighted by atomic mass is 15.2. The summed E-state index contributed by atoms with van der Waals surface area (Å²) in [6, 6.07) is 1.35. The maximum Gasteiger partial charge on any atom is 0.203 e. The van der Waals surface area contributed by atoms with Crippen LogP contribution in [0.3, 0.4) is 0 Å². The second kappa shape index (κ2) is 4.35. The number of nitrogens with one attached hydrogen (secondary N) is 1. The SMILES string of the molecule is CCC1CCC(n2ccnc2NC2CC2)C1C. The monoisotopic (exact) mass is 233 g/mol. The van der Waals surface area contributed by atoms with Gasteiger partial charge in [0.25, 0.3) is 0 Å². The van der Waals surface area contributed by atoms with E-state index in [4.69, 9.17) is 0 Å². The third-order valence-corrected chi connectivity index (χ3v) is 4.64. The molecule has 1 aromatic heterocycles. The highest BCUT2D eigenvalue weighted by Gasteiger charge is 2.34. The number of hydrogen-bond donors (Lipinski definition) is 1. The molecule has 17 heavy (non-hydrogen) atoms. The Morgan fingerprint density at radius 1 is 1.35 bits per heavy atom. The standard InChI is InChI=1S/C14H23N3/c1-3-11-4-7-13(10(11)2)17-9-8-15-14(17)16-12-5-6-12/h8-13H,3-7H2,1-2H3,(H,15,16). The molecule has 3 unspecified atom stereocenters. The van der Waals surface area contributed by atoms with Gasteiger partial charge in [-0.05, 0) is 37.5 Å². The average Bonchev–Trinajstić information content (AvgIpc) is 2.89. The Bertz CT molecular complexity index is 381. The Labute approximate surface area is 104 Å². The fourth-order valence-corrected chi connectivity index (χ4v) is 3.30. The highest BCUT2D eigenvalue weighted by Crippen LogP contribution is 2.43. The summed E-state index contributed by atoms with van der Waals surface area (Å²) in [5.74, 6) is 2.78.